The van der Waals surface area contributed by atoms with Crippen LogP contribution in [0, 0.1) is 5.41 Å². The number of likely N-dealkylation sites (N-methyl/N-ethyl adjacent to an activating group) is 2. The Morgan fingerprint density at radius 3 is 2.00 bits per heavy atom. The molecule has 0 bridgehead atoms. The van der Waals surface area contributed by atoms with Gasteiger partial charge in [0.05, 0.1) is 6.20 Å². The maximum atomic E-state index is 4.43. The molecule has 1 aromatic heterocycles. The minimum Gasteiger partial charge on any atom is -0.303 e. The summed E-state index contributed by atoms with van der Waals surface area (Å²) in [7, 11) is 6.63. The first-order valence-electron chi connectivity index (χ1n) is 13.0. The highest BCUT2D eigenvalue weighted by molar-refractivity contribution is 5.17. The first-order chi connectivity index (χ1) is 15.2. The topological polar surface area (TPSA) is 30.8 Å². The fourth-order valence-corrected chi connectivity index (χ4v) is 5.87. The van der Waals surface area contributed by atoms with Crippen molar-refractivity contribution >= 4 is 0 Å². The third-order valence-corrected chi connectivity index (χ3v) is 8.11. The molecule has 0 saturated carbocycles. The highest BCUT2D eigenvalue weighted by Gasteiger charge is 2.44. The second-order valence-corrected chi connectivity index (χ2v) is 13.5. The minimum atomic E-state index is 0.136. The van der Waals surface area contributed by atoms with Crippen LogP contribution in [-0.4, -0.2) is 107 Å². The van der Waals surface area contributed by atoms with Crippen LogP contribution in [0.3, 0.4) is 0 Å². The summed E-state index contributed by atoms with van der Waals surface area (Å²) >= 11 is 0. The SMILES string of the molecule is CN1CCN(CC(C)(C)C)C(C2CN(C)CCN2C(C)(C)CCC(C)(C)c2cnn(C)c2)C1. The molecule has 0 aromatic carbocycles. The first-order valence-corrected chi connectivity index (χ1v) is 13.0. The number of piperazine rings is 2. The van der Waals surface area contributed by atoms with Crippen molar-refractivity contribution < 1.29 is 0 Å². The van der Waals surface area contributed by atoms with Crippen LogP contribution in [0.1, 0.15) is 66.9 Å². The van der Waals surface area contributed by atoms with E-state index in [9.17, 15) is 0 Å². The van der Waals surface area contributed by atoms with Crippen molar-refractivity contribution in [3.05, 3.63) is 18.0 Å². The molecule has 3 heterocycles. The van der Waals surface area contributed by atoms with Crippen LogP contribution in [0.2, 0.25) is 0 Å². The van der Waals surface area contributed by atoms with Crippen molar-refractivity contribution in [2.24, 2.45) is 12.5 Å². The van der Waals surface area contributed by atoms with Gasteiger partial charge in [0.15, 0.2) is 0 Å². The lowest BCUT2D eigenvalue weighted by atomic mass is 9.78. The molecule has 6 heteroatoms. The summed E-state index contributed by atoms with van der Waals surface area (Å²) in [5.41, 5.74) is 1.97. The maximum absolute atomic E-state index is 4.43. The number of nitrogens with zero attached hydrogens (tertiary/aromatic N) is 6. The molecule has 0 N–H and O–H groups in total. The van der Waals surface area contributed by atoms with E-state index in [1.54, 1.807) is 0 Å². The van der Waals surface area contributed by atoms with Gasteiger partial charge in [0.1, 0.15) is 0 Å². The zero-order chi connectivity index (χ0) is 24.6. The predicted molar refractivity (Wildman–Crippen MR) is 140 cm³/mol. The van der Waals surface area contributed by atoms with E-state index >= 15 is 0 Å². The summed E-state index contributed by atoms with van der Waals surface area (Å²) in [6.45, 7) is 25.1. The molecule has 6 nitrogen and oxygen atoms in total. The van der Waals surface area contributed by atoms with Crippen LogP contribution in [0.4, 0.5) is 0 Å². The fourth-order valence-electron chi connectivity index (χ4n) is 5.87. The Balaban J connectivity index is 1.79. The summed E-state index contributed by atoms with van der Waals surface area (Å²) in [5, 5.41) is 4.43. The van der Waals surface area contributed by atoms with Gasteiger partial charge in [-0.1, -0.05) is 34.6 Å². The second kappa shape index (κ2) is 9.96. The van der Waals surface area contributed by atoms with Gasteiger partial charge in [0.2, 0.25) is 0 Å². The van der Waals surface area contributed by atoms with Gasteiger partial charge >= 0.3 is 0 Å². The van der Waals surface area contributed by atoms with Crippen LogP contribution in [-0.2, 0) is 12.5 Å². The minimum absolute atomic E-state index is 0.136. The standard InChI is InChI=1S/C27H52N6/c1-25(2,3)21-32-15-13-29(8)19-23(32)24-20-30(9)14-16-33(24)27(6,7)12-11-26(4,5)22-17-28-31(10)18-22/h17-18,23-24H,11-16,19-21H2,1-10H3. The molecule has 2 fully saturated rings. The lowest BCUT2D eigenvalue weighted by molar-refractivity contribution is -0.0621. The van der Waals surface area contributed by atoms with Crippen LogP contribution in [0.5, 0.6) is 0 Å². The fraction of sp³-hybridized carbons (Fsp3) is 0.889. The van der Waals surface area contributed by atoms with Crippen molar-refractivity contribution in [1.82, 2.24) is 29.4 Å². The van der Waals surface area contributed by atoms with Gasteiger partial charge in [-0.2, -0.15) is 5.10 Å². The molecule has 1 aromatic rings. The van der Waals surface area contributed by atoms with Gasteiger partial charge in [-0.3, -0.25) is 14.5 Å². The zero-order valence-electron chi connectivity index (χ0n) is 23.4. The van der Waals surface area contributed by atoms with Crippen molar-refractivity contribution in [2.45, 2.75) is 84.3 Å². The van der Waals surface area contributed by atoms with E-state index in [0.717, 1.165) is 19.6 Å². The molecule has 2 aliphatic heterocycles. The average molecular weight is 461 g/mol. The van der Waals surface area contributed by atoms with Crippen molar-refractivity contribution in [3.63, 3.8) is 0 Å². The van der Waals surface area contributed by atoms with Crippen LogP contribution in [0.15, 0.2) is 12.4 Å². The predicted octanol–water partition coefficient (Wildman–Crippen LogP) is 3.53. The molecular formula is C27H52N6. The molecule has 2 saturated heterocycles. The Morgan fingerprint density at radius 2 is 1.42 bits per heavy atom. The smallest absolute Gasteiger partial charge is 0.0527 e. The number of aromatic nitrogens is 2. The summed E-state index contributed by atoms with van der Waals surface area (Å²) < 4.78 is 1.93. The number of aryl methyl sites for hydroxylation is 1. The summed E-state index contributed by atoms with van der Waals surface area (Å²) in [4.78, 5) is 10.8. The molecule has 2 unspecified atom stereocenters. The molecule has 2 aliphatic rings. The van der Waals surface area contributed by atoms with E-state index < -0.39 is 0 Å². The Bertz CT molecular complexity index is 761. The molecule has 3 rings (SSSR count). The Kier molecular flexibility index (Phi) is 8.05. The van der Waals surface area contributed by atoms with E-state index in [4.69, 9.17) is 0 Å². The van der Waals surface area contributed by atoms with E-state index in [2.05, 4.69) is 93.5 Å². The normalized spacial score (nSPS) is 25.6. The average Bonchev–Trinajstić information content (AvgIpc) is 3.14. The van der Waals surface area contributed by atoms with E-state index in [1.807, 2.05) is 17.9 Å². The molecular weight excluding hydrogens is 408 g/mol. The molecule has 2 atom stereocenters. The van der Waals surface area contributed by atoms with Gasteiger partial charge in [-0.05, 0) is 57.2 Å². The van der Waals surface area contributed by atoms with Crippen molar-refractivity contribution in [2.75, 3.05) is 59.9 Å². The Morgan fingerprint density at radius 1 is 0.818 bits per heavy atom. The number of hydrogen-bond donors (Lipinski definition) is 0. The molecule has 0 radical (unpaired) electrons. The second-order valence-electron chi connectivity index (χ2n) is 13.5. The number of rotatable bonds is 7. The highest BCUT2D eigenvalue weighted by atomic mass is 15.4. The van der Waals surface area contributed by atoms with E-state index in [0.29, 0.717) is 17.5 Å². The van der Waals surface area contributed by atoms with E-state index in [-0.39, 0.29) is 11.0 Å². The van der Waals surface area contributed by atoms with Crippen LogP contribution < -0.4 is 0 Å². The van der Waals surface area contributed by atoms with Crippen molar-refractivity contribution in [1.29, 1.82) is 0 Å². The lowest BCUT2D eigenvalue weighted by Gasteiger charge is -2.56. The third-order valence-electron chi connectivity index (χ3n) is 8.11. The van der Waals surface area contributed by atoms with Crippen molar-refractivity contribution in [3.8, 4) is 0 Å². The van der Waals surface area contributed by atoms with Gasteiger partial charge in [-0.25, -0.2) is 0 Å². The molecule has 33 heavy (non-hydrogen) atoms. The quantitative estimate of drug-likeness (QED) is 0.621. The van der Waals surface area contributed by atoms with Gasteiger partial charge in [-0.15, -0.1) is 0 Å². The summed E-state index contributed by atoms with van der Waals surface area (Å²) in [6, 6.07) is 1.14. The molecule has 0 aliphatic carbocycles. The lowest BCUT2D eigenvalue weighted by Crippen LogP contribution is -2.69. The van der Waals surface area contributed by atoms with Gasteiger partial charge in [0.25, 0.3) is 0 Å². The maximum Gasteiger partial charge on any atom is 0.0527 e. The molecule has 190 valence electrons. The van der Waals surface area contributed by atoms with Crippen LogP contribution in [0.25, 0.3) is 0 Å². The van der Waals surface area contributed by atoms with Gasteiger partial charge < -0.3 is 9.80 Å². The monoisotopic (exact) mass is 460 g/mol. The largest absolute Gasteiger partial charge is 0.303 e. The van der Waals surface area contributed by atoms with Crippen LogP contribution >= 0.6 is 0 Å². The summed E-state index contributed by atoms with van der Waals surface area (Å²) in [6.07, 6.45) is 6.60. The van der Waals surface area contributed by atoms with Gasteiger partial charge in [0, 0.05) is 76.7 Å². The Hall–Kier alpha value is -0.950. The Labute approximate surface area is 204 Å². The molecule has 0 amide bonds. The summed E-state index contributed by atoms with van der Waals surface area (Å²) in [5.74, 6) is 0. The first kappa shape index (κ1) is 26.7. The molecule has 0 spiro atoms. The highest BCUT2D eigenvalue weighted by Crippen LogP contribution is 2.35. The zero-order valence-corrected chi connectivity index (χ0v) is 23.4. The third kappa shape index (κ3) is 6.81. The van der Waals surface area contributed by atoms with E-state index in [1.165, 1.54) is 44.6 Å². The number of hydrogen-bond acceptors (Lipinski definition) is 5.